The van der Waals surface area contributed by atoms with Crippen LogP contribution in [-0.2, 0) is 0 Å². The fourth-order valence-corrected chi connectivity index (χ4v) is 3.47. The molecule has 0 saturated heterocycles. The van der Waals surface area contributed by atoms with E-state index in [0.717, 1.165) is 22.3 Å². The molecule has 6 nitrogen and oxygen atoms in total. The molecule has 2 N–H and O–H groups in total. The molecule has 0 heterocycles. The van der Waals surface area contributed by atoms with Gasteiger partial charge >= 0.3 is 11.9 Å². The molecule has 0 bridgehead atoms. The molecule has 0 amide bonds. The zero-order valence-corrected chi connectivity index (χ0v) is 22.1. The van der Waals surface area contributed by atoms with Crippen molar-refractivity contribution in [2.24, 2.45) is 0 Å². The molecule has 0 aliphatic rings. The minimum atomic E-state index is -0.854. The number of benzene rings is 3. The molecule has 190 valence electrons. The third kappa shape index (κ3) is 7.03. The van der Waals surface area contributed by atoms with Crippen LogP contribution in [0.5, 0.6) is 11.5 Å². The average molecular weight is 490 g/mol. The van der Waals surface area contributed by atoms with Crippen LogP contribution in [0, 0.1) is 27.7 Å². The summed E-state index contributed by atoms with van der Waals surface area (Å²) in [5, 5.41) is 14.0. The molecule has 1 unspecified atom stereocenters. The summed E-state index contributed by atoms with van der Waals surface area (Å²) in [4.78, 5) is 25.8. The number of carbonyl (C=O) groups is 2. The van der Waals surface area contributed by atoms with Crippen LogP contribution < -0.4 is 14.8 Å². The lowest BCUT2D eigenvalue weighted by molar-refractivity contribution is 0.0681. The SMILES string of the molecule is Cc1ccc(C(=O)Oc2ccc(C(O)CNC(C)(C)C)cc2OC(=O)c2ccc(C)c(C)c2)cc1C. The van der Waals surface area contributed by atoms with Crippen molar-refractivity contribution < 1.29 is 24.2 Å². The van der Waals surface area contributed by atoms with Crippen LogP contribution in [0.25, 0.3) is 0 Å². The van der Waals surface area contributed by atoms with E-state index in [-0.39, 0.29) is 17.0 Å². The zero-order valence-electron chi connectivity index (χ0n) is 22.1. The fraction of sp³-hybridized carbons (Fsp3) is 0.333. The Kier molecular flexibility index (Phi) is 8.33. The number of esters is 2. The molecule has 3 rings (SSSR count). The molecule has 0 aromatic heterocycles. The second kappa shape index (κ2) is 11.1. The quantitative estimate of drug-likeness (QED) is 0.323. The average Bonchev–Trinajstić information content (AvgIpc) is 2.81. The Balaban J connectivity index is 1.92. The van der Waals surface area contributed by atoms with E-state index < -0.39 is 18.0 Å². The molecule has 3 aromatic carbocycles. The predicted octanol–water partition coefficient (Wildman–Crippen LogP) is 5.78. The first-order chi connectivity index (χ1) is 16.8. The maximum Gasteiger partial charge on any atom is 0.343 e. The van der Waals surface area contributed by atoms with Crippen molar-refractivity contribution in [2.45, 2.75) is 60.1 Å². The number of ether oxygens (including phenoxy) is 2. The van der Waals surface area contributed by atoms with E-state index in [1.165, 1.54) is 12.1 Å². The standard InChI is InChI=1S/C30H35NO5/c1-18-8-10-23(14-20(18)3)28(33)35-26-13-12-22(25(32)17-31-30(5,6)7)16-27(26)36-29(34)24-11-9-19(2)21(4)15-24/h8-16,25,31-32H,17H2,1-7H3. The number of β-amino-alcohol motifs (C(OH)–C–C–N with tert-alkyl or cyclic N) is 1. The van der Waals surface area contributed by atoms with Crippen molar-refractivity contribution in [3.63, 3.8) is 0 Å². The van der Waals surface area contributed by atoms with Crippen LogP contribution in [0.1, 0.15) is 75.4 Å². The minimum absolute atomic E-state index is 0.0581. The van der Waals surface area contributed by atoms with Crippen LogP contribution in [-0.4, -0.2) is 29.1 Å². The summed E-state index contributed by atoms with van der Waals surface area (Å²) in [5.41, 5.74) is 5.18. The number of carbonyl (C=O) groups excluding carboxylic acids is 2. The molecule has 0 radical (unpaired) electrons. The Bertz CT molecular complexity index is 1270. The number of aryl methyl sites for hydroxylation is 4. The van der Waals surface area contributed by atoms with E-state index in [4.69, 9.17) is 9.47 Å². The number of hydrogen-bond acceptors (Lipinski definition) is 6. The third-order valence-corrected chi connectivity index (χ3v) is 6.07. The van der Waals surface area contributed by atoms with Crippen LogP contribution >= 0.6 is 0 Å². The maximum absolute atomic E-state index is 13.0. The first-order valence-electron chi connectivity index (χ1n) is 12.0. The second-order valence-electron chi connectivity index (χ2n) is 10.2. The molecule has 6 heteroatoms. The summed E-state index contributed by atoms with van der Waals surface area (Å²) < 4.78 is 11.3. The summed E-state index contributed by atoms with van der Waals surface area (Å²) in [6.45, 7) is 14.1. The first-order valence-corrected chi connectivity index (χ1v) is 12.0. The van der Waals surface area contributed by atoms with Gasteiger partial charge in [-0.2, -0.15) is 0 Å². The summed E-state index contributed by atoms with van der Waals surface area (Å²) in [5.74, 6) is -0.997. The Morgan fingerprint density at radius 2 is 1.25 bits per heavy atom. The Labute approximate surface area is 213 Å². The van der Waals surface area contributed by atoms with Crippen molar-refractivity contribution in [3.05, 3.63) is 93.5 Å². The second-order valence-corrected chi connectivity index (χ2v) is 10.2. The lowest BCUT2D eigenvalue weighted by Gasteiger charge is -2.23. The summed E-state index contributed by atoms with van der Waals surface area (Å²) >= 11 is 0. The van der Waals surface area contributed by atoms with Crippen LogP contribution in [0.3, 0.4) is 0 Å². The molecule has 0 saturated carbocycles. The van der Waals surface area contributed by atoms with E-state index in [1.807, 2.05) is 60.6 Å². The third-order valence-electron chi connectivity index (χ3n) is 6.07. The van der Waals surface area contributed by atoms with E-state index >= 15 is 0 Å². The van der Waals surface area contributed by atoms with Gasteiger partial charge < -0.3 is 19.9 Å². The van der Waals surface area contributed by atoms with Gasteiger partial charge in [0.25, 0.3) is 0 Å². The van der Waals surface area contributed by atoms with Crippen molar-refractivity contribution in [1.82, 2.24) is 5.32 Å². The Morgan fingerprint density at radius 3 is 1.72 bits per heavy atom. The summed E-state index contributed by atoms with van der Waals surface area (Å²) in [6.07, 6.45) is -0.854. The molecule has 0 spiro atoms. The topological polar surface area (TPSA) is 84.9 Å². The highest BCUT2D eigenvalue weighted by Gasteiger charge is 2.20. The fourth-order valence-electron chi connectivity index (χ4n) is 3.47. The maximum atomic E-state index is 13.0. The van der Waals surface area contributed by atoms with Gasteiger partial charge in [-0.3, -0.25) is 0 Å². The van der Waals surface area contributed by atoms with Crippen molar-refractivity contribution in [3.8, 4) is 11.5 Å². The largest absolute Gasteiger partial charge is 0.419 e. The lowest BCUT2D eigenvalue weighted by Crippen LogP contribution is -2.38. The van der Waals surface area contributed by atoms with Gasteiger partial charge in [-0.25, -0.2) is 9.59 Å². The Hall–Kier alpha value is -3.48. The van der Waals surface area contributed by atoms with Gasteiger partial charge in [0.15, 0.2) is 11.5 Å². The highest BCUT2D eigenvalue weighted by Crippen LogP contribution is 2.32. The van der Waals surface area contributed by atoms with E-state index in [9.17, 15) is 14.7 Å². The summed E-state index contributed by atoms with van der Waals surface area (Å²) in [7, 11) is 0. The van der Waals surface area contributed by atoms with Gasteiger partial charge in [0.05, 0.1) is 17.2 Å². The Morgan fingerprint density at radius 1 is 0.750 bits per heavy atom. The minimum Gasteiger partial charge on any atom is -0.419 e. The van der Waals surface area contributed by atoms with Crippen molar-refractivity contribution >= 4 is 11.9 Å². The van der Waals surface area contributed by atoms with E-state index in [0.29, 0.717) is 23.2 Å². The van der Waals surface area contributed by atoms with Crippen molar-refractivity contribution in [2.75, 3.05) is 6.54 Å². The molecule has 0 aliphatic heterocycles. The lowest BCUT2D eigenvalue weighted by atomic mass is 10.1. The molecule has 0 aliphatic carbocycles. The van der Waals surface area contributed by atoms with Crippen LogP contribution in [0.15, 0.2) is 54.6 Å². The number of nitrogens with one attached hydrogen (secondary N) is 1. The zero-order chi connectivity index (χ0) is 26.6. The van der Waals surface area contributed by atoms with Gasteiger partial charge in [0.2, 0.25) is 0 Å². The highest BCUT2D eigenvalue weighted by molar-refractivity contribution is 5.93. The predicted molar refractivity (Wildman–Crippen MR) is 141 cm³/mol. The normalized spacial score (nSPS) is 12.2. The first kappa shape index (κ1) is 27.1. The smallest absolute Gasteiger partial charge is 0.343 e. The molecule has 36 heavy (non-hydrogen) atoms. The monoisotopic (exact) mass is 489 g/mol. The number of aliphatic hydroxyl groups excluding tert-OH is 1. The molecule has 1 atom stereocenters. The number of rotatable bonds is 7. The molecular formula is C30H35NO5. The van der Waals surface area contributed by atoms with Gasteiger partial charge in [-0.1, -0.05) is 18.2 Å². The van der Waals surface area contributed by atoms with Crippen LogP contribution in [0.2, 0.25) is 0 Å². The van der Waals surface area contributed by atoms with Crippen LogP contribution in [0.4, 0.5) is 0 Å². The van der Waals surface area contributed by atoms with Gasteiger partial charge in [-0.15, -0.1) is 0 Å². The van der Waals surface area contributed by atoms with E-state index in [2.05, 4.69) is 5.32 Å². The molecular weight excluding hydrogens is 454 g/mol. The van der Waals surface area contributed by atoms with E-state index in [1.54, 1.807) is 30.3 Å². The summed E-state index contributed by atoms with van der Waals surface area (Å²) in [6, 6.07) is 15.3. The van der Waals surface area contributed by atoms with Gasteiger partial charge in [0.1, 0.15) is 0 Å². The van der Waals surface area contributed by atoms with Gasteiger partial charge in [-0.05, 0) is 113 Å². The molecule has 0 fully saturated rings. The highest BCUT2D eigenvalue weighted by atomic mass is 16.6. The van der Waals surface area contributed by atoms with Crippen molar-refractivity contribution in [1.29, 1.82) is 0 Å². The van der Waals surface area contributed by atoms with Gasteiger partial charge in [0, 0.05) is 12.1 Å². The molecule has 3 aromatic rings. The number of hydrogen-bond donors (Lipinski definition) is 2. The number of aliphatic hydroxyl groups is 1.